The second-order valence-electron chi connectivity index (χ2n) is 7.56. The Hall–Kier alpha value is -2.58. The monoisotopic (exact) mass is 439 g/mol. The summed E-state index contributed by atoms with van der Waals surface area (Å²) in [5.41, 5.74) is 5.12. The van der Waals surface area contributed by atoms with Crippen molar-refractivity contribution in [1.29, 1.82) is 0 Å². The van der Waals surface area contributed by atoms with Crippen LogP contribution in [0.15, 0.2) is 40.0 Å². The maximum atomic E-state index is 5.85. The minimum absolute atomic E-state index is 0.632. The summed E-state index contributed by atoms with van der Waals surface area (Å²) in [7, 11) is 0. The Morgan fingerprint density at radius 1 is 1.06 bits per heavy atom. The van der Waals surface area contributed by atoms with Crippen LogP contribution in [-0.2, 0) is 23.5 Å². The van der Waals surface area contributed by atoms with E-state index in [9.17, 15) is 0 Å². The Labute approximate surface area is 187 Å². The number of anilines is 2. The summed E-state index contributed by atoms with van der Waals surface area (Å²) in [6.45, 7) is 9.97. The highest BCUT2D eigenvalue weighted by atomic mass is 32.2. The van der Waals surface area contributed by atoms with Gasteiger partial charge in [-0.15, -0.1) is 0 Å². The molecule has 3 aromatic heterocycles. The average molecular weight is 440 g/mol. The molecule has 3 aromatic rings. The molecule has 164 valence electrons. The van der Waals surface area contributed by atoms with Crippen LogP contribution >= 0.6 is 11.8 Å². The molecule has 0 aromatic carbocycles. The molecule has 7 nitrogen and oxygen atoms in total. The zero-order valence-corrected chi connectivity index (χ0v) is 19.2. The van der Waals surface area contributed by atoms with Gasteiger partial charge in [-0.1, -0.05) is 24.8 Å². The standard InChI is InChI=1S/C23H29N5O2S/c1-4-21-17(3)26-23(30-21)31-15-19-12-20(28-8-10-29-11-9-28)13-22(27-19)24-14-18-7-5-6-16(2)25-18/h5-7,12-13H,4,8-11,14-15H2,1-3H3,(H,24,27). The largest absolute Gasteiger partial charge is 0.436 e. The number of oxazole rings is 1. The number of hydrogen-bond acceptors (Lipinski definition) is 8. The molecule has 4 rings (SSSR count). The zero-order chi connectivity index (χ0) is 21.6. The van der Waals surface area contributed by atoms with Gasteiger partial charge in [-0.2, -0.15) is 0 Å². The first kappa shape index (κ1) is 21.6. The van der Waals surface area contributed by atoms with Gasteiger partial charge < -0.3 is 19.4 Å². The topological polar surface area (TPSA) is 76.3 Å². The fourth-order valence-corrected chi connectivity index (χ4v) is 4.33. The van der Waals surface area contributed by atoms with Crippen LogP contribution in [0.5, 0.6) is 0 Å². The van der Waals surface area contributed by atoms with E-state index in [1.54, 1.807) is 11.8 Å². The molecular formula is C23H29N5O2S. The molecule has 0 aliphatic carbocycles. The van der Waals surface area contributed by atoms with Crippen LogP contribution < -0.4 is 10.2 Å². The van der Waals surface area contributed by atoms with Gasteiger partial charge in [0.15, 0.2) is 0 Å². The summed E-state index contributed by atoms with van der Waals surface area (Å²) < 4.78 is 11.4. The van der Waals surface area contributed by atoms with E-state index in [2.05, 4.69) is 39.2 Å². The van der Waals surface area contributed by atoms with Crippen molar-refractivity contribution in [3.05, 3.63) is 58.9 Å². The first-order valence-electron chi connectivity index (χ1n) is 10.7. The first-order chi connectivity index (χ1) is 15.1. The smallest absolute Gasteiger partial charge is 0.256 e. The quantitative estimate of drug-likeness (QED) is 0.518. The summed E-state index contributed by atoms with van der Waals surface area (Å²) in [6.07, 6.45) is 0.852. The lowest BCUT2D eigenvalue weighted by Crippen LogP contribution is -2.36. The van der Waals surface area contributed by atoms with Crippen molar-refractivity contribution in [2.45, 2.75) is 44.7 Å². The summed E-state index contributed by atoms with van der Waals surface area (Å²) in [5, 5.41) is 4.15. The number of rotatable bonds is 8. The van der Waals surface area contributed by atoms with E-state index in [1.165, 1.54) is 0 Å². The van der Waals surface area contributed by atoms with Crippen molar-refractivity contribution in [3.8, 4) is 0 Å². The third-order valence-electron chi connectivity index (χ3n) is 5.17. The Morgan fingerprint density at radius 2 is 1.90 bits per heavy atom. The lowest BCUT2D eigenvalue weighted by Gasteiger charge is -2.29. The Bertz CT molecular complexity index is 1020. The van der Waals surface area contributed by atoms with E-state index in [4.69, 9.17) is 14.1 Å². The molecule has 0 bridgehead atoms. The highest BCUT2D eigenvalue weighted by Crippen LogP contribution is 2.28. The number of aromatic nitrogens is 3. The third kappa shape index (κ3) is 5.77. The van der Waals surface area contributed by atoms with E-state index in [0.717, 1.165) is 72.8 Å². The maximum absolute atomic E-state index is 5.85. The zero-order valence-electron chi connectivity index (χ0n) is 18.4. The molecule has 1 aliphatic rings. The second-order valence-corrected chi connectivity index (χ2v) is 8.48. The van der Waals surface area contributed by atoms with E-state index in [1.807, 2.05) is 32.0 Å². The number of nitrogens with one attached hydrogen (secondary N) is 1. The number of thioether (sulfide) groups is 1. The van der Waals surface area contributed by atoms with Gasteiger partial charge in [0.25, 0.3) is 5.22 Å². The predicted molar refractivity (Wildman–Crippen MR) is 124 cm³/mol. The van der Waals surface area contributed by atoms with Crippen molar-refractivity contribution in [2.75, 3.05) is 36.5 Å². The Balaban J connectivity index is 1.51. The number of pyridine rings is 2. The van der Waals surface area contributed by atoms with E-state index >= 15 is 0 Å². The fourth-order valence-electron chi connectivity index (χ4n) is 3.55. The summed E-state index contributed by atoms with van der Waals surface area (Å²) >= 11 is 1.58. The fraction of sp³-hybridized carbons (Fsp3) is 0.435. The molecule has 31 heavy (non-hydrogen) atoms. The molecular weight excluding hydrogens is 410 g/mol. The van der Waals surface area contributed by atoms with Crippen LogP contribution in [0.1, 0.15) is 35.5 Å². The second kappa shape index (κ2) is 10.2. The minimum Gasteiger partial charge on any atom is -0.436 e. The number of nitrogens with zero attached hydrogens (tertiary/aromatic N) is 4. The highest BCUT2D eigenvalue weighted by molar-refractivity contribution is 7.98. The van der Waals surface area contributed by atoms with Crippen LogP contribution in [0.4, 0.5) is 11.5 Å². The van der Waals surface area contributed by atoms with Gasteiger partial charge in [-0.05, 0) is 32.0 Å². The molecule has 8 heteroatoms. The molecule has 0 spiro atoms. The van der Waals surface area contributed by atoms with Gasteiger partial charge in [0.2, 0.25) is 0 Å². The van der Waals surface area contributed by atoms with Crippen LogP contribution in [0.2, 0.25) is 0 Å². The van der Waals surface area contributed by atoms with E-state index < -0.39 is 0 Å². The summed E-state index contributed by atoms with van der Waals surface area (Å²) in [5.74, 6) is 2.49. The minimum atomic E-state index is 0.632. The van der Waals surface area contributed by atoms with Crippen LogP contribution in [0, 0.1) is 13.8 Å². The van der Waals surface area contributed by atoms with E-state index in [0.29, 0.717) is 17.5 Å². The van der Waals surface area contributed by atoms with Crippen molar-refractivity contribution in [1.82, 2.24) is 15.0 Å². The van der Waals surface area contributed by atoms with E-state index in [-0.39, 0.29) is 0 Å². The molecule has 0 saturated carbocycles. The van der Waals surface area contributed by atoms with Crippen LogP contribution in [0.3, 0.4) is 0 Å². The highest BCUT2D eigenvalue weighted by Gasteiger charge is 2.15. The molecule has 1 N–H and O–H groups in total. The predicted octanol–water partition coefficient (Wildman–Crippen LogP) is 4.38. The van der Waals surface area contributed by atoms with Gasteiger partial charge in [-0.25, -0.2) is 9.97 Å². The molecule has 1 aliphatic heterocycles. The molecule has 0 radical (unpaired) electrons. The van der Waals surface area contributed by atoms with Gasteiger partial charge in [0.1, 0.15) is 11.6 Å². The van der Waals surface area contributed by atoms with Gasteiger partial charge >= 0.3 is 0 Å². The maximum Gasteiger partial charge on any atom is 0.256 e. The molecule has 0 amide bonds. The first-order valence-corrected chi connectivity index (χ1v) is 11.7. The lowest BCUT2D eigenvalue weighted by atomic mass is 10.2. The molecule has 4 heterocycles. The summed E-state index contributed by atoms with van der Waals surface area (Å²) in [6, 6.07) is 10.3. The van der Waals surface area contributed by atoms with Gasteiger partial charge in [-0.3, -0.25) is 4.98 Å². The lowest BCUT2D eigenvalue weighted by molar-refractivity contribution is 0.122. The molecule has 1 saturated heterocycles. The van der Waals surface area contributed by atoms with Crippen molar-refractivity contribution < 1.29 is 9.15 Å². The van der Waals surface area contributed by atoms with Crippen molar-refractivity contribution in [3.63, 3.8) is 0 Å². The number of morpholine rings is 1. The average Bonchev–Trinajstić information content (AvgIpc) is 3.16. The molecule has 0 unspecified atom stereocenters. The van der Waals surface area contributed by atoms with Crippen molar-refractivity contribution >= 4 is 23.3 Å². The third-order valence-corrected chi connectivity index (χ3v) is 6.04. The number of hydrogen-bond donors (Lipinski definition) is 1. The van der Waals surface area contributed by atoms with Gasteiger partial charge in [0.05, 0.1) is 36.8 Å². The number of ether oxygens (including phenoxy) is 1. The molecule has 0 atom stereocenters. The normalized spacial score (nSPS) is 14.1. The summed E-state index contributed by atoms with van der Waals surface area (Å²) in [4.78, 5) is 16.3. The van der Waals surface area contributed by atoms with Gasteiger partial charge in [0, 0.05) is 42.7 Å². The van der Waals surface area contributed by atoms with Crippen LogP contribution in [0.25, 0.3) is 0 Å². The van der Waals surface area contributed by atoms with Crippen molar-refractivity contribution in [2.24, 2.45) is 0 Å². The van der Waals surface area contributed by atoms with Crippen LogP contribution in [-0.4, -0.2) is 41.3 Å². The number of aryl methyl sites for hydroxylation is 3. The SMILES string of the molecule is CCc1oc(SCc2cc(N3CCOCC3)cc(NCc3cccc(C)n3)n2)nc1C. The Morgan fingerprint density at radius 3 is 2.65 bits per heavy atom. The Kier molecular flexibility index (Phi) is 7.09. The molecule has 1 fully saturated rings.